The Labute approximate surface area is 206 Å². The van der Waals surface area contributed by atoms with E-state index < -0.39 is 10.0 Å². The number of anilines is 1. The zero-order valence-corrected chi connectivity index (χ0v) is 21.1. The van der Waals surface area contributed by atoms with Gasteiger partial charge < -0.3 is 19.5 Å². The van der Waals surface area contributed by atoms with Crippen molar-refractivity contribution in [3.63, 3.8) is 0 Å². The lowest BCUT2D eigenvalue weighted by atomic mass is 10.2. The lowest BCUT2D eigenvalue weighted by Gasteiger charge is -2.20. The SMILES string of the molecule is CCc1ccc(OCCNC(=O)c2ccc(N(C)S(=O)(=O)c3ccc(OC)c(OC)c3)cc2)cc1. The summed E-state index contributed by atoms with van der Waals surface area (Å²) in [5, 5.41) is 2.80. The molecule has 0 aliphatic heterocycles. The van der Waals surface area contributed by atoms with Gasteiger partial charge in [-0.05, 0) is 60.5 Å². The Balaban J connectivity index is 1.59. The number of nitrogens with one attached hydrogen (secondary N) is 1. The highest BCUT2D eigenvalue weighted by atomic mass is 32.2. The molecule has 1 amide bonds. The number of amides is 1. The number of hydrogen-bond donors (Lipinski definition) is 1. The summed E-state index contributed by atoms with van der Waals surface area (Å²) in [6.07, 6.45) is 0.965. The number of aryl methyl sites for hydroxylation is 1. The molecule has 0 unspecified atom stereocenters. The van der Waals surface area contributed by atoms with Crippen LogP contribution in [0.2, 0.25) is 0 Å². The molecule has 8 nitrogen and oxygen atoms in total. The first-order valence-corrected chi connectivity index (χ1v) is 12.5. The minimum Gasteiger partial charge on any atom is -0.493 e. The first kappa shape index (κ1) is 25.9. The summed E-state index contributed by atoms with van der Waals surface area (Å²) in [4.78, 5) is 12.5. The quantitative estimate of drug-likeness (QED) is 0.403. The predicted molar refractivity (Wildman–Crippen MR) is 135 cm³/mol. The van der Waals surface area contributed by atoms with E-state index in [1.54, 1.807) is 24.3 Å². The molecule has 0 fully saturated rings. The number of hydrogen-bond acceptors (Lipinski definition) is 6. The lowest BCUT2D eigenvalue weighted by molar-refractivity contribution is 0.0947. The smallest absolute Gasteiger partial charge is 0.264 e. The van der Waals surface area contributed by atoms with Crippen LogP contribution in [0, 0.1) is 0 Å². The highest BCUT2D eigenvalue weighted by Gasteiger charge is 2.23. The van der Waals surface area contributed by atoms with Gasteiger partial charge in [0, 0.05) is 18.7 Å². The molecule has 0 aromatic heterocycles. The van der Waals surface area contributed by atoms with Gasteiger partial charge in [0.05, 0.1) is 31.3 Å². The van der Waals surface area contributed by atoms with Crippen LogP contribution in [0.3, 0.4) is 0 Å². The van der Waals surface area contributed by atoms with E-state index in [0.29, 0.717) is 35.9 Å². The molecule has 3 aromatic rings. The molecule has 3 rings (SSSR count). The fourth-order valence-electron chi connectivity index (χ4n) is 3.35. The Morgan fingerprint density at radius 1 is 0.914 bits per heavy atom. The van der Waals surface area contributed by atoms with Gasteiger partial charge in [-0.25, -0.2) is 8.42 Å². The van der Waals surface area contributed by atoms with Gasteiger partial charge in [0.25, 0.3) is 15.9 Å². The summed E-state index contributed by atoms with van der Waals surface area (Å²) in [6.45, 7) is 2.76. The van der Waals surface area contributed by atoms with Crippen LogP contribution >= 0.6 is 0 Å². The molecule has 186 valence electrons. The fraction of sp³-hybridized carbons (Fsp3) is 0.269. The van der Waals surface area contributed by atoms with E-state index in [-0.39, 0.29) is 10.8 Å². The minimum atomic E-state index is -3.85. The lowest BCUT2D eigenvalue weighted by Crippen LogP contribution is -2.28. The summed E-state index contributed by atoms with van der Waals surface area (Å²) < 4.78 is 43.3. The van der Waals surface area contributed by atoms with Crippen molar-refractivity contribution in [3.8, 4) is 17.2 Å². The Morgan fingerprint density at radius 3 is 2.17 bits per heavy atom. The first-order valence-electron chi connectivity index (χ1n) is 11.1. The van der Waals surface area contributed by atoms with Crippen LogP contribution in [0.15, 0.2) is 71.6 Å². The molecule has 0 atom stereocenters. The van der Waals surface area contributed by atoms with Gasteiger partial charge in [-0.2, -0.15) is 0 Å². The highest BCUT2D eigenvalue weighted by Crippen LogP contribution is 2.31. The van der Waals surface area contributed by atoms with Crippen molar-refractivity contribution in [2.45, 2.75) is 18.2 Å². The Bertz CT molecular complexity index is 1240. The van der Waals surface area contributed by atoms with Crippen LogP contribution in [-0.2, 0) is 16.4 Å². The highest BCUT2D eigenvalue weighted by molar-refractivity contribution is 7.92. The van der Waals surface area contributed by atoms with Gasteiger partial charge in [-0.3, -0.25) is 9.10 Å². The second-order valence-electron chi connectivity index (χ2n) is 7.64. The number of carbonyl (C=O) groups is 1. The van der Waals surface area contributed by atoms with E-state index in [1.807, 2.05) is 24.3 Å². The minimum absolute atomic E-state index is 0.0591. The van der Waals surface area contributed by atoms with Gasteiger partial charge in [0.1, 0.15) is 12.4 Å². The molecule has 0 heterocycles. The molecule has 0 spiro atoms. The number of rotatable bonds is 11. The van der Waals surface area contributed by atoms with E-state index in [4.69, 9.17) is 14.2 Å². The standard InChI is InChI=1S/C26H30N2O6S/c1-5-19-6-12-22(13-7-19)34-17-16-27-26(29)20-8-10-21(11-9-20)28(2)35(30,31)23-14-15-24(32-3)25(18-23)33-4/h6-15,18H,5,16-17H2,1-4H3,(H,27,29). The molecule has 0 saturated heterocycles. The maximum Gasteiger partial charge on any atom is 0.264 e. The van der Waals surface area contributed by atoms with Crippen LogP contribution < -0.4 is 23.8 Å². The number of nitrogens with zero attached hydrogens (tertiary/aromatic N) is 1. The molecular weight excluding hydrogens is 468 g/mol. The second kappa shape index (κ2) is 11.6. The molecule has 0 bridgehead atoms. The number of sulfonamides is 1. The molecule has 1 N–H and O–H groups in total. The number of carbonyl (C=O) groups excluding carboxylic acids is 1. The molecule has 3 aromatic carbocycles. The average Bonchev–Trinajstić information content (AvgIpc) is 2.90. The topological polar surface area (TPSA) is 94.2 Å². The third kappa shape index (κ3) is 6.24. The molecule has 0 aliphatic carbocycles. The van der Waals surface area contributed by atoms with Crippen molar-refractivity contribution < 1.29 is 27.4 Å². The largest absolute Gasteiger partial charge is 0.493 e. The van der Waals surface area contributed by atoms with Crippen molar-refractivity contribution in [2.75, 3.05) is 38.7 Å². The summed E-state index contributed by atoms with van der Waals surface area (Å²) in [5.74, 6) is 1.23. The van der Waals surface area contributed by atoms with Gasteiger partial charge >= 0.3 is 0 Å². The van der Waals surface area contributed by atoms with Crippen LogP contribution in [0.5, 0.6) is 17.2 Å². The van der Waals surface area contributed by atoms with Gasteiger partial charge in [-0.1, -0.05) is 19.1 Å². The zero-order valence-electron chi connectivity index (χ0n) is 20.3. The molecular formula is C26H30N2O6S. The van der Waals surface area contributed by atoms with Crippen molar-refractivity contribution in [1.82, 2.24) is 5.32 Å². The Hall–Kier alpha value is -3.72. The predicted octanol–water partition coefficient (Wildman–Crippen LogP) is 3.90. The van der Waals surface area contributed by atoms with Crippen LogP contribution in [0.4, 0.5) is 5.69 Å². The van der Waals surface area contributed by atoms with E-state index >= 15 is 0 Å². The van der Waals surface area contributed by atoms with Gasteiger partial charge in [-0.15, -0.1) is 0 Å². The number of benzene rings is 3. The molecule has 9 heteroatoms. The maximum absolute atomic E-state index is 13.1. The van der Waals surface area contributed by atoms with Crippen LogP contribution in [0.25, 0.3) is 0 Å². The number of methoxy groups -OCH3 is 2. The van der Waals surface area contributed by atoms with Crippen LogP contribution in [-0.4, -0.2) is 48.7 Å². The van der Waals surface area contributed by atoms with Crippen molar-refractivity contribution >= 4 is 21.6 Å². The van der Waals surface area contributed by atoms with E-state index in [1.165, 1.54) is 45.0 Å². The van der Waals surface area contributed by atoms with E-state index in [2.05, 4.69) is 12.2 Å². The monoisotopic (exact) mass is 498 g/mol. The van der Waals surface area contributed by atoms with Gasteiger partial charge in [0.2, 0.25) is 0 Å². The van der Waals surface area contributed by atoms with Crippen molar-refractivity contribution in [3.05, 3.63) is 77.9 Å². The summed E-state index contributed by atoms with van der Waals surface area (Å²) in [6, 6.07) is 18.6. The normalized spacial score (nSPS) is 11.0. The number of ether oxygens (including phenoxy) is 3. The average molecular weight is 499 g/mol. The zero-order chi connectivity index (χ0) is 25.4. The molecule has 0 aliphatic rings. The second-order valence-corrected chi connectivity index (χ2v) is 9.61. The fourth-order valence-corrected chi connectivity index (χ4v) is 4.56. The third-order valence-corrected chi connectivity index (χ3v) is 7.28. The van der Waals surface area contributed by atoms with Crippen LogP contribution in [0.1, 0.15) is 22.8 Å². The first-order chi connectivity index (χ1) is 16.8. The Kier molecular flexibility index (Phi) is 8.59. The Morgan fingerprint density at radius 2 is 1.57 bits per heavy atom. The molecule has 35 heavy (non-hydrogen) atoms. The summed E-state index contributed by atoms with van der Waals surface area (Å²) in [7, 11) is 0.522. The molecule has 0 saturated carbocycles. The van der Waals surface area contributed by atoms with Gasteiger partial charge in [0.15, 0.2) is 11.5 Å². The molecule has 0 radical (unpaired) electrons. The van der Waals surface area contributed by atoms with Crippen molar-refractivity contribution in [1.29, 1.82) is 0 Å². The van der Waals surface area contributed by atoms with E-state index in [0.717, 1.165) is 16.5 Å². The summed E-state index contributed by atoms with van der Waals surface area (Å²) >= 11 is 0. The maximum atomic E-state index is 13.1. The third-order valence-electron chi connectivity index (χ3n) is 5.49. The van der Waals surface area contributed by atoms with Crippen molar-refractivity contribution in [2.24, 2.45) is 0 Å². The van der Waals surface area contributed by atoms with E-state index in [9.17, 15) is 13.2 Å². The summed E-state index contributed by atoms with van der Waals surface area (Å²) in [5.41, 5.74) is 2.06.